The fourth-order valence-electron chi connectivity index (χ4n) is 2.37. The van der Waals surface area contributed by atoms with Crippen molar-refractivity contribution in [1.82, 2.24) is 5.32 Å². The number of nitrogens with one attached hydrogen (secondary N) is 1. The third-order valence-corrected chi connectivity index (χ3v) is 3.81. The van der Waals surface area contributed by atoms with Crippen molar-refractivity contribution in [2.45, 2.75) is 20.8 Å². The Morgan fingerprint density at radius 3 is 2.72 bits per heavy atom. The lowest BCUT2D eigenvalue weighted by atomic mass is 9.88. The Morgan fingerprint density at radius 2 is 2.22 bits per heavy atom. The molecule has 0 radical (unpaired) electrons. The number of rotatable bonds is 4. The molecule has 18 heavy (non-hydrogen) atoms. The van der Waals surface area contributed by atoms with E-state index in [9.17, 15) is 4.79 Å². The van der Waals surface area contributed by atoms with E-state index in [1.54, 1.807) is 0 Å². The molecule has 1 aromatic rings. The average molecular weight is 246 g/mol. The van der Waals surface area contributed by atoms with Crippen LogP contribution >= 0.6 is 0 Å². The number of hydrogen-bond donors (Lipinski definition) is 1. The summed E-state index contributed by atoms with van der Waals surface area (Å²) in [6, 6.07) is 8.16. The molecule has 1 saturated heterocycles. The highest BCUT2D eigenvalue weighted by atomic mass is 16.2. The normalized spacial score (nSPS) is 17.1. The minimum atomic E-state index is 0.103. The Hall–Kier alpha value is -1.35. The van der Waals surface area contributed by atoms with Gasteiger partial charge < -0.3 is 10.2 Å². The number of benzene rings is 1. The van der Waals surface area contributed by atoms with Crippen molar-refractivity contribution in [1.29, 1.82) is 0 Å². The molecule has 1 aromatic carbocycles. The summed E-state index contributed by atoms with van der Waals surface area (Å²) < 4.78 is 0. The summed E-state index contributed by atoms with van der Waals surface area (Å²) in [6.07, 6.45) is 0. The zero-order chi connectivity index (χ0) is 13.1. The van der Waals surface area contributed by atoms with Crippen molar-refractivity contribution < 1.29 is 4.79 Å². The first kappa shape index (κ1) is 13.1. The van der Waals surface area contributed by atoms with Crippen LogP contribution in [0.25, 0.3) is 0 Å². The van der Waals surface area contributed by atoms with Gasteiger partial charge in [-0.2, -0.15) is 0 Å². The second-order valence-electron chi connectivity index (χ2n) is 5.13. The third kappa shape index (κ3) is 2.56. The van der Waals surface area contributed by atoms with Crippen molar-refractivity contribution in [3.63, 3.8) is 0 Å². The summed E-state index contributed by atoms with van der Waals surface area (Å²) in [6.45, 7) is 8.81. The fraction of sp³-hybridized carbons (Fsp3) is 0.533. The lowest BCUT2D eigenvalue weighted by molar-refractivity contribution is -0.124. The summed E-state index contributed by atoms with van der Waals surface area (Å²) in [5.41, 5.74) is 2.21. The molecule has 1 atom stereocenters. The van der Waals surface area contributed by atoms with Gasteiger partial charge in [0.15, 0.2) is 0 Å². The number of aryl methyl sites for hydroxylation is 1. The van der Waals surface area contributed by atoms with Gasteiger partial charge in [-0.25, -0.2) is 0 Å². The quantitative estimate of drug-likeness (QED) is 0.883. The molecule has 0 spiro atoms. The van der Waals surface area contributed by atoms with Crippen molar-refractivity contribution in [3.8, 4) is 0 Å². The van der Waals surface area contributed by atoms with Crippen LogP contribution in [0.5, 0.6) is 0 Å². The predicted molar refractivity (Wildman–Crippen MR) is 74.7 cm³/mol. The molecule has 1 fully saturated rings. The van der Waals surface area contributed by atoms with Gasteiger partial charge in [0.25, 0.3) is 0 Å². The first-order chi connectivity index (χ1) is 8.63. The van der Waals surface area contributed by atoms with Gasteiger partial charge in [0.1, 0.15) is 0 Å². The van der Waals surface area contributed by atoms with Gasteiger partial charge in [-0.15, -0.1) is 0 Å². The maximum absolute atomic E-state index is 12.5. The molecule has 2 rings (SSSR count). The van der Waals surface area contributed by atoms with E-state index in [1.807, 2.05) is 30.9 Å². The van der Waals surface area contributed by atoms with Crippen LogP contribution in [-0.4, -0.2) is 25.5 Å². The highest BCUT2D eigenvalue weighted by molar-refractivity contribution is 5.95. The minimum absolute atomic E-state index is 0.103. The highest BCUT2D eigenvalue weighted by Gasteiger charge is 2.31. The smallest absolute Gasteiger partial charge is 0.230 e. The summed E-state index contributed by atoms with van der Waals surface area (Å²) in [5, 5.41) is 3.23. The van der Waals surface area contributed by atoms with Crippen LogP contribution in [0.15, 0.2) is 24.3 Å². The van der Waals surface area contributed by atoms with E-state index in [0.29, 0.717) is 5.92 Å². The molecule has 1 aliphatic rings. The van der Waals surface area contributed by atoms with E-state index in [0.717, 1.165) is 25.3 Å². The second-order valence-corrected chi connectivity index (χ2v) is 5.13. The van der Waals surface area contributed by atoms with Gasteiger partial charge in [0, 0.05) is 18.2 Å². The zero-order valence-corrected chi connectivity index (χ0v) is 11.4. The molecule has 0 aromatic heterocycles. The molecule has 0 bridgehead atoms. The molecule has 0 aliphatic carbocycles. The fourth-order valence-corrected chi connectivity index (χ4v) is 2.37. The SMILES string of the molecule is CCN(C(=O)C(C)C1CNC1)c1cccc(C)c1. The number of carbonyl (C=O) groups is 1. The Bertz CT molecular complexity index is 426. The number of amides is 1. The van der Waals surface area contributed by atoms with E-state index < -0.39 is 0 Å². The van der Waals surface area contributed by atoms with Crippen LogP contribution in [0, 0.1) is 18.8 Å². The first-order valence-electron chi connectivity index (χ1n) is 6.72. The molecular formula is C15H22N2O. The van der Waals surface area contributed by atoms with Gasteiger partial charge in [0.05, 0.1) is 0 Å². The van der Waals surface area contributed by atoms with Gasteiger partial charge >= 0.3 is 0 Å². The van der Waals surface area contributed by atoms with Crippen LogP contribution in [0.3, 0.4) is 0 Å². The van der Waals surface area contributed by atoms with Gasteiger partial charge in [-0.05, 0) is 50.6 Å². The van der Waals surface area contributed by atoms with Crippen LogP contribution in [-0.2, 0) is 4.79 Å². The van der Waals surface area contributed by atoms with Crippen LogP contribution in [0.4, 0.5) is 5.69 Å². The monoisotopic (exact) mass is 246 g/mol. The predicted octanol–water partition coefficient (Wildman–Crippen LogP) is 2.20. The number of carbonyl (C=O) groups excluding carboxylic acids is 1. The Kier molecular flexibility index (Phi) is 4.02. The molecule has 3 heteroatoms. The third-order valence-electron chi connectivity index (χ3n) is 3.81. The zero-order valence-electron chi connectivity index (χ0n) is 11.4. The van der Waals surface area contributed by atoms with E-state index in [1.165, 1.54) is 5.56 Å². The summed E-state index contributed by atoms with van der Waals surface area (Å²) >= 11 is 0. The van der Waals surface area contributed by atoms with Crippen molar-refractivity contribution >= 4 is 11.6 Å². The molecule has 1 aliphatic heterocycles. The summed E-state index contributed by atoms with van der Waals surface area (Å²) in [5.74, 6) is 0.845. The Morgan fingerprint density at radius 1 is 1.50 bits per heavy atom. The van der Waals surface area contributed by atoms with E-state index >= 15 is 0 Å². The summed E-state index contributed by atoms with van der Waals surface area (Å²) in [4.78, 5) is 14.4. The number of nitrogens with zero attached hydrogens (tertiary/aromatic N) is 1. The number of anilines is 1. The summed E-state index contributed by atoms with van der Waals surface area (Å²) in [7, 11) is 0. The van der Waals surface area contributed by atoms with Gasteiger partial charge in [-0.1, -0.05) is 19.1 Å². The molecule has 1 amide bonds. The van der Waals surface area contributed by atoms with Crippen molar-refractivity contribution in [2.75, 3.05) is 24.5 Å². The van der Waals surface area contributed by atoms with E-state index in [-0.39, 0.29) is 11.8 Å². The molecule has 3 nitrogen and oxygen atoms in total. The van der Waals surface area contributed by atoms with Crippen molar-refractivity contribution in [2.24, 2.45) is 11.8 Å². The maximum atomic E-state index is 12.5. The van der Waals surface area contributed by atoms with E-state index in [4.69, 9.17) is 0 Å². The molecule has 0 saturated carbocycles. The number of hydrogen-bond acceptors (Lipinski definition) is 2. The molecule has 98 valence electrons. The lowest BCUT2D eigenvalue weighted by Gasteiger charge is -2.34. The molecule has 1 heterocycles. The first-order valence-corrected chi connectivity index (χ1v) is 6.72. The Balaban J connectivity index is 2.14. The second kappa shape index (κ2) is 5.53. The van der Waals surface area contributed by atoms with E-state index in [2.05, 4.69) is 24.4 Å². The minimum Gasteiger partial charge on any atom is -0.316 e. The Labute approximate surface area is 109 Å². The van der Waals surface area contributed by atoms with Crippen molar-refractivity contribution in [3.05, 3.63) is 29.8 Å². The largest absolute Gasteiger partial charge is 0.316 e. The van der Waals surface area contributed by atoms with Gasteiger partial charge in [0.2, 0.25) is 5.91 Å². The van der Waals surface area contributed by atoms with Crippen LogP contribution < -0.4 is 10.2 Å². The molecule has 1 unspecified atom stereocenters. The highest BCUT2D eigenvalue weighted by Crippen LogP contribution is 2.23. The standard InChI is InChI=1S/C15H22N2O/c1-4-17(14-7-5-6-11(2)8-14)15(18)12(3)13-9-16-10-13/h5-8,12-13,16H,4,9-10H2,1-3H3. The lowest BCUT2D eigenvalue weighted by Crippen LogP contribution is -2.50. The maximum Gasteiger partial charge on any atom is 0.230 e. The molecular weight excluding hydrogens is 224 g/mol. The average Bonchev–Trinajstić information content (AvgIpc) is 2.27. The van der Waals surface area contributed by atoms with Gasteiger partial charge in [-0.3, -0.25) is 4.79 Å². The molecule has 1 N–H and O–H groups in total. The topological polar surface area (TPSA) is 32.3 Å². The van der Waals surface area contributed by atoms with Crippen LogP contribution in [0.1, 0.15) is 19.4 Å². The van der Waals surface area contributed by atoms with Crippen LogP contribution in [0.2, 0.25) is 0 Å².